The average Bonchev–Trinajstić information content (AvgIpc) is 3.06. The van der Waals surface area contributed by atoms with Gasteiger partial charge in [0.25, 0.3) is 5.91 Å². The van der Waals surface area contributed by atoms with Gasteiger partial charge >= 0.3 is 0 Å². The summed E-state index contributed by atoms with van der Waals surface area (Å²) in [5.41, 5.74) is 3.25. The molecule has 26 heavy (non-hydrogen) atoms. The van der Waals surface area contributed by atoms with Crippen LogP contribution in [0.25, 0.3) is 16.7 Å². The van der Waals surface area contributed by atoms with Crippen molar-refractivity contribution < 1.29 is 4.79 Å². The summed E-state index contributed by atoms with van der Waals surface area (Å²) < 4.78 is 2.09. The summed E-state index contributed by atoms with van der Waals surface area (Å²) >= 11 is 1.41. The van der Waals surface area contributed by atoms with Crippen LogP contribution in [0.2, 0.25) is 0 Å². The summed E-state index contributed by atoms with van der Waals surface area (Å²) in [5, 5.41) is 12.1. The van der Waals surface area contributed by atoms with Gasteiger partial charge in [0, 0.05) is 12.7 Å². The van der Waals surface area contributed by atoms with Crippen molar-refractivity contribution in [2.24, 2.45) is 0 Å². The highest BCUT2D eigenvalue weighted by Gasteiger charge is 2.15. The second-order valence-electron chi connectivity index (χ2n) is 5.49. The third-order valence-electron chi connectivity index (χ3n) is 3.84. The van der Waals surface area contributed by atoms with Gasteiger partial charge in [-0.1, -0.05) is 30.3 Å². The van der Waals surface area contributed by atoms with Crippen LogP contribution < -0.4 is 5.32 Å². The highest BCUT2D eigenvalue weighted by molar-refractivity contribution is 7.99. The first-order chi connectivity index (χ1) is 12.8. The third-order valence-corrected chi connectivity index (χ3v) is 4.72. The number of benzene rings is 2. The van der Waals surface area contributed by atoms with Crippen molar-refractivity contribution in [3.8, 4) is 5.69 Å². The summed E-state index contributed by atoms with van der Waals surface area (Å²) in [6.45, 7) is 0. The molecule has 0 atom stereocenters. The van der Waals surface area contributed by atoms with Gasteiger partial charge in [0.15, 0.2) is 10.9 Å². The molecule has 0 radical (unpaired) electrons. The second kappa shape index (κ2) is 6.97. The summed E-state index contributed by atoms with van der Waals surface area (Å²) in [7, 11) is 1.56. The van der Waals surface area contributed by atoms with Gasteiger partial charge in [0.1, 0.15) is 5.03 Å². The van der Waals surface area contributed by atoms with Gasteiger partial charge in [-0.05, 0) is 48.2 Å². The Hall–Kier alpha value is -3.19. The number of rotatable bonds is 4. The first-order valence-corrected chi connectivity index (χ1v) is 8.84. The van der Waals surface area contributed by atoms with Crippen LogP contribution in [0.5, 0.6) is 0 Å². The van der Waals surface area contributed by atoms with Crippen molar-refractivity contribution in [3.05, 3.63) is 72.4 Å². The number of carbonyl (C=O) groups is 1. The summed E-state index contributed by atoms with van der Waals surface area (Å²) in [6.07, 6.45) is 0. The van der Waals surface area contributed by atoms with Gasteiger partial charge < -0.3 is 5.32 Å². The fraction of sp³-hybridized carbons (Fsp3) is 0.0526. The largest absolute Gasteiger partial charge is 0.354 e. The van der Waals surface area contributed by atoms with E-state index < -0.39 is 0 Å². The number of fused-ring (bicyclic) bond motifs is 1. The normalized spacial score (nSPS) is 10.8. The van der Waals surface area contributed by atoms with E-state index in [1.807, 2.05) is 54.6 Å². The predicted molar refractivity (Wildman–Crippen MR) is 101 cm³/mol. The van der Waals surface area contributed by atoms with Crippen molar-refractivity contribution >= 4 is 28.7 Å². The lowest BCUT2D eigenvalue weighted by Crippen LogP contribution is -2.19. The van der Waals surface area contributed by atoms with E-state index in [1.54, 1.807) is 19.2 Å². The highest BCUT2D eigenvalue weighted by Crippen LogP contribution is 2.31. The van der Waals surface area contributed by atoms with E-state index in [1.165, 1.54) is 11.8 Å². The Kier molecular flexibility index (Phi) is 4.37. The molecule has 0 aliphatic carbocycles. The van der Waals surface area contributed by atoms with Gasteiger partial charge in [-0.3, -0.25) is 9.36 Å². The Balaban J connectivity index is 1.76. The SMILES string of the molecule is CNC(=O)c1ccc(Sc2nc3ccccc3n2-c2ccccc2)nn1. The van der Waals surface area contributed by atoms with E-state index in [4.69, 9.17) is 4.98 Å². The van der Waals surface area contributed by atoms with E-state index >= 15 is 0 Å². The molecule has 0 aliphatic rings. The maximum atomic E-state index is 11.6. The van der Waals surface area contributed by atoms with Gasteiger partial charge in [-0.15, -0.1) is 10.2 Å². The standard InChI is InChI=1S/C19H15N5OS/c1-20-18(25)15-11-12-17(23-22-15)26-19-21-14-9-5-6-10-16(14)24(19)13-7-3-2-4-8-13/h2-12H,1H3,(H,20,25). The zero-order valence-electron chi connectivity index (χ0n) is 14.0. The Morgan fingerprint density at radius 1 is 0.962 bits per heavy atom. The number of nitrogens with zero attached hydrogens (tertiary/aromatic N) is 4. The van der Waals surface area contributed by atoms with Crippen molar-refractivity contribution in [2.45, 2.75) is 10.2 Å². The first-order valence-electron chi connectivity index (χ1n) is 8.03. The quantitative estimate of drug-likeness (QED) is 0.604. The number of carbonyl (C=O) groups excluding carboxylic acids is 1. The van der Waals surface area contributed by atoms with Crippen LogP contribution >= 0.6 is 11.8 Å². The van der Waals surface area contributed by atoms with Crippen LogP contribution in [-0.4, -0.2) is 32.7 Å². The molecule has 4 rings (SSSR count). The Morgan fingerprint density at radius 3 is 2.46 bits per heavy atom. The van der Waals surface area contributed by atoms with Gasteiger partial charge in [-0.2, -0.15) is 0 Å². The van der Waals surface area contributed by atoms with Crippen molar-refractivity contribution in [1.82, 2.24) is 25.1 Å². The molecule has 2 heterocycles. The zero-order chi connectivity index (χ0) is 17.9. The molecular weight excluding hydrogens is 346 g/mol. The van der Waals surface area contributed by atoms with Crippen LogP contribution in [-0.2, 0) is 0 Å². The fourth-order valence-corrected chi connectivity index (χ4v) is 3.46. The van der Waals surface area contributed by atoms with E-state index in [9.17, 15) is 4.79 Å². The Labute approximate surface area is 154 Å². The number of imidazole rings is 1. The Morgan fingerprint density at radius 2 is 1.73 bits per heavy atom. The van der Waals surface area contributed by atoms with Crippen LogP contribution in [0.15, 0.2) is 76.9 Å². The molecule has 6 nitrogen and oxygen atoms in total. The van der Waals surface area contributed by atoms with E-state index in [-0.39, 0.29) is 11.6 Å². The second-order valence-corrected chi connectivity index (χ2v) is 6.48. The number of hydrogen-bond donors (Lipinski definition) is 1. The minimum atomic E-state index is -0.259. The fourth-order valence-electron chi connectivity index (χ4n) is 2.62. The number of hydrogen-bond acceptors (Lipinski definition) is 5. The monoisotopic (exact) mass is 361 g/mol. The van der Waals surface area contributed by atoms with Crippen LogP contribution in [0, 0.1) is 0 Å². The molecule has 7 heteroatoms. The molecule has 0 aliphatic heterocycles. The number of amides is 1. The van der Waals surface area contributed by atoms with Crippen molar-refractivity contribution in [1.29, 1.82) is 0 Å². The molecular formula is C19H15N5OS. The lowest BCUT2D eigenvalue weighted by Gasteiger charge is -2.08. The molecule has 2 aromatic heterocycles. The molecule has 128 valence electrons. The van der Waals surface area contributed by atoms with Crippen LogP contribution in [0.1, 0.15) is 10.5 Å². The molecule has 0 spiro atoms. The number of para-hydroxylation sites is 3. The van der Waals surface area contributed by atoms with Crippen LogP contribution in [0.4, 0.5) is 0 Å². The van der Waals surface area contributed by atoms with E-state index in [0.717, 1.165) is 21.9 Å². The molecule has 2 aromatic carbocycles. The smallest absolute Gasteiger partial charge is 0.271 e. The third kappa shape index (κ3) is 3.04. The van der Waals surface area contributed by atoms with Gasteiger partial charge in [0.2, 0.25) is 0 Å². The van der Waals surface area contributed by atoms with Crippen LogP contribution in [0.3, 0.4) is 0 Å². The maximum Gasteiger partial charge on any atom is 0.271 e. The van der Waals surface area contributed by atoms with Crippen molar-refractivity contribution in [3.63, 3.8) is 0 Å². The minimum absolute atomic E-state index is 0.259. The molecule has 0 fully saturated rings. The van der Waals surface area contributed by atoms with Gasteiger partial charge in [-0.25, -0.2) is 4.98 Å². The molecule has 0 saturated carbocycles. The minimum Gasteiger partial charge on any atom is -0.354 e. The highest BCUT2D eigenvalue weighted by atomic mass is 32.2. The summed E-state index contributed by atoms with van der Waals surface area (Å²) in [5.74, 6) is -0.259. The molecule has 1 N–H and O–H groups in total. The van der Waals surface area contributed by atoms with E-state index in [2.05, 4.69) is 20.1 Å². The lowest BCUT2D eigenvalue weighted by molar-refractivity contribution is 0.0957. The van der Waals surface area contributed by atoms with E-state index in [0.29, 0.717) is 5.03 Å². The predicted octanol–water partition coefficient (Wildman–Crippen LogP) is 3.33. The molecule has 0 unspecified atom stereocenters. The summed E-state index contributed by atoms with van der Waals surface area (Å²) in [4.78, 5) is 16.3. The number of nitrogens with one attached hydrogen (secondary N) is 1. The van der Waals surface area contributed by atoms with Crippen molar-refractivity contribution in [2.75, 3.05) is 7.05 Å². The molecule has 0 bridgehead atoms. The lowest BCUT2D eigenvalue weighted by atomic mass is 10.3. The topological polar surface area (TPSA) is 72.7 Å². The molecule has 4 aromatic rings. The maximum absolute atomic E-state index is 11.6. The first kappa shape index (κ1) is 16.3. The summed E-state index contributed by atoms with van der Waals surface area (Å²) in [6, 6.07) is 21.5. The Bertz CT molecular complexity index is 1060. The molecule has 1 amide bonds. The molecule has 0 saturated heterocycles. The number of aromatic nitrogens is 4. The van der Waals surface area contributed by atoms with Gasteiger partial charge in [0.05, 0.1) is 11.0 Å². The zero-order valence-corrected chi connectivity index (χ0v) is 14.8. The average molecular weight is 361 g/mol.